The van der Waals surface area contributed by atoms with Crippen LogP contribution in [0, 0.1) is 11.6 Å². The monoisotopic (exact) mass is 1270 g/mol. The maximum Gasteiger partial charge on any atom is 0.308 e. The Morgan fingerprint density at radius 2 is 0.925 bits per heavy atom. The minimum Gasteiger partial charge on any atom is -0.460 e. The molecular formula is C77H90F2N4O10. The molecule has 4 N–H and O–H groups in total. The van der Waals surface area contributed by atoms with E-state index in [1.165, 1.54) is 24.3 Å². The molecule has 93 heavy (non-hydrogen) atoms. The van der Waals surface area contributed by atoms with Crippen LogP contribution in [-0.4, -0.2) is 84.5 Å². The van der Waals surface area contributed by atoms with Gasteiger partial charge in [-0.15, -0.1) is 0 Å². The molecule has 2 aromatic heterocycles. The number of para-hydroxylation sites is 2. The van der Waals surface area contributed by atoms with Gasteiger partial charge in [-0.3, -0.25) is 19.2 Å². The first-order valence-electron chi connectivity index (χ1n) is 32.1. The second kappa shape index (κ2) is 30.9. The third-order valence-electron chi connectivity index (χ3n) is 15.5. The Bertz CT molecular complexity index is 3780. The molecule has 0 saturated carbocycles. The van der Waals surface area contributed by atoms with Crippen molar-refractivity contribution in [3.8, 4) is 44.8 Å². The molecule has 1 aliphatic rings. The van der Waals surface area contributed by atoms with Crippen molar-refractivity contribution >= 4 is 35.1 Å². The molecular weight excluding hydrogens is 1180 g/mol. The first-order chi connectivity index (χ1) is 44.0. The Kier molecular flexibility index (Phi) is 23.4. The van der Waals surface area contributed by atoms with E-state index in [4.69, 9.17) is 18.9 Å². The van der Waals surface area contributed by atoms with Crippen LogP contribution in [0.15, 0.2) is 170 Å². The van der Waals surface area contributed by atoms with Crippen molar-refractivity contribution in [1.29, 1.82) is 0 Å². The van der Waals surface area contributed by atoms with Crippen LogP contribution >= 0.6 is 0 Å². The number of anilines is 2. The van der Waals surface area contributed by atoms with Gasteiger partial charge in [-0.2, -0.15) is 0 Å². The number of hydrogen-bond donors (Lipinski definition) is 4. The highest BCUT2D eigenvalue weighted by atomic mass is 19.1. The van der Waals surface area contributed by atoms with E-state index in [0.717, 1.165) is 50.6 Å². The van der Waals surface area contributed by atoms with E-state index in [1.807, 2.05) is 174 Å². The summed E-state index contributed by atoms with van der Waals surface area (Å²) < 4.78 is 56.1. The molecule has 1 aliphatic heterocycles. The lowest BCUT2D eigenvalue weighted by molar-refractivity contribution is -0.301. The predicted molar refractivity (Wildman–Crippen MR) is 363 cm³/mol. The number of halogens is 2. The molecule has 14 nitrogen and oxygen atoms in total. The average molecular weight is 1270 g/mol. The van der Waals surface area contributed by atoms with E-state index in [1.54, 1.807) is 45.0 Å². The number of hydrogen-bond acceptors (Lipinski definition) is 10. The number of aromatic nitrogens is 2. The van der Waals surface area contributed by atoms with Gasteiger partial charge >= 0.3 is 11.9 Å². The molecule has 1 saturated heterocycles. The normalized spacial score (nSPS) is 15.4. The van der Waals surface area contributed by atoms with Gasteiger partial charge in [0, 0.05) is 53.4 Å². The van der Waals surface area contributed by atoms with Crippen LogP contribution in [0.2, 0.25) is 0 Å². The second-order valence-electron chi connectivity index (χ2n) is 26.8. The zero-order valence-corrected chi connectivity index (χ0v) is 55.6. The third kappa shape index (κ3) is 19.3. The molecule has 3 heterocycles. The summed E-state index contributed by atoms with van der Waals surface area (Å²) in [5.74, 6) is -3.09. The molecule has 6 aromatic carbocycles. The number of rotatable bonds is 22. The van der Waals surface area contributed by atoms with E-state index in [0.29, 0.717) is 54.0 Å². The Balaban J connectivity index is 0.000000240. The van der Waals surface area contributed by atoms with Crippen LogP contribution in [0.4, 0.5) is 20.2 Å². The molecule has 0 radical (unpaired) electrons. The highest BCUT2D eigenvalue weighted by Crippen LogP contribution is 2.45. The standard InChI is InChI=1S/C40H47FN2O5.C37H43FN2O5/c1-26(2)36-35(38(45)42-30-16-12-9-13-17-30)34(27-14-10-8-11-15-27)37(28-18-20-29(41)21-19-28)43(36)23-22-31-24-32(47-40(6,7)46-31)25-33(44)48-39(3,4)5;1-24(2)34-33(36(44)39-28-14-10-7-11-15-28)32(25-12-8-6-9-13-25)35(26-16-18-27(38)19-17-26)40(34)21-20-29(41)22-30(42)23-31(43)45-37(3,4)5/h8-21,26,31-32H,22-25H2,1-7H3,(H,42,45);6-19,24,29-30,41-42H,20-23H2,1-5H3,(H,39,44)/t31-,32-;29-,30-/m11/s1. The maximum atomic E-state index is 14.4. The van der Waals surface area contributed by atoms with Crippen molar-refractivity contribution in [2.24, 2.45) is 0 Å². The number of carbonyl (C=O) groups is 4. The smallest absolute Gasteiger partial charge is 0.308 e. The maximum absolute atomic E-state index is 14.4. The summed E-state index contributed by atoms with van der Waals surface area (Å²) >= 11 is 0. The SMILES string of the molecule is CC(C)c1c(C(=O)Nc2ccccc2)c(-c2ccccc2)c(-c2ccc(F)cc2)n1CC[C@@H](O)C[C@@H](O)CC(=O)OC(C)(C)C.CC(C)c1c(C(=O)Nc2ccccc2)c(-c2ccccc2)c(-c2ccc(F)cc2)n1CC[C@@H]1C[C@H](CC(=O)OC(C)(C)C)OC(C)(C)O1. The number of aliphatic hydroxyl groups excluding tert-OH is 2. The van der Waals surface area contributed by atoms with Gasteiger partial charge < -0.3 is 48.9 Å². The van der Waals surface area contributed by atoms with Crippen LogP contribution in [-0.2, 0) is 41.6 Å². The highest BCUT2D eigenvalue weighted by Gasteiger charge is 2.39. The molecule has 0 unspecified atom stereocenters. The fourth-order valence-corrected chi connectivity index (χ4v) is 12.1. The number of ether oxygens (including phenoxy) is 4. The Labute approximate surface area is 546 Å². The van der Waals surface area contributed by atoms with Crippen molar-refractivity contribution < 1.29 is 57.1 Å². The lowest BCUT2D eigenvalue weighted by Gasteiger charge is -2.41. The van der Waals surface area contributed by atoms with Crippen LogP contribution in [0.3, 0.4) is 0 Å². The molecule has 0 bridgehead atoms. The number of nitrogens with zero attached hydrogens (tertiary/aromatic N) is 2. The number of esters is 2. The number of amides is 2. The summed E-state index contributed by atoms with van der Waals surface area (Å²) in [5, 5.41) is 27.7. The highest BCUT2D eigenvalue weighted by molar-refractivity contribution is 6.13. The summed E-state index contributed by atoms with van der Waals surface area (Å²) in [6.07, 6.45) is -1.38. The first kappa shape index (κ1) is 70.3. The summed E-state index contributed by atoms with van der Waals surface area (Å²) in [6, 6.07) is 50.7. The molecule has 16 heteroatoms. The van der Waals surface area contributed by atoms with Gasteiger partial charge in [0.1, 0.15) is 22.8 Å². The van der Waals surface area contributed by atoms with Crippen molar-refractivity contribution in [3.05, 3.63) is 204 Å². The molecule has 492 valence electrons. The molecule has 8 aromatic rings. The number of aliphatic hydroxyl groups is 2. The Hall–Kier alpha value is -8.54. The fraction of sp³-hybridized carbons (Fsp3) is 0.377. The van der Waals surface area contributed by atoms with Crippen LogP contribution in [0.1, 0.15) is 166 Å². The molecule has 0 aliphatic carbocycles. The van der Waals surface area contributed by atoms with Crippen LogP contribution in [0.5, 0.6) is 0 Å². The van der Waals surface area contributed by atoms with Gasteiger partial charge in [0.25, 0.3) is 11.8 Å². The van der Waals surface area contributed by atoms with Crippen molar-refractivity contribution in [3.63, 3.8) is 0 Å². The molecule has 0 spiro atoms. The minimum atomic E-state index is -1.08. The summed E-state index contributed by atoms with van der Waals surface area (Å²) in [4.78, 5) is 53.4. The van der Waals surface area contributed by atoms with E-state index in [-0.39, 0.29) is 79.1 Å². The summed E-state index contributed by atoms with van der Waals surface area (Å²) in [5.41, 5.74) is 9.09. The van der Waals surface area contributed by atoms with E-state index in [9.17, 15) is 38.2 Å². The summed E-state index contributed by atoms with van der Waals surface area (Å²) in [6.45, 7) is 23.5. The minimum absolute atomic E-state index is 0.0176. The van der Waals surface area contributed by atoms with Gasteiger partial charge in [0.15, 0.2) is 5.79 Å². The number of nitrogens with one attached hydrogen (secondary N) is 2. The van der Waals surface area contributed by atoms with E-state index < -0.39 is 35.2 Å². The van der Waals surface area contributed by atoms with Crippen LogP contribution in [0.25, 0.3) is 44.8 Å². The van der Waals surface area contributed by atoms with Gasteiger partial charge in [-0.25, -0.2) is 8.78 Å². The van der Waals surface area contributed by atoms with Gasteiger partial charge in [-0.05, 0) is 182 Å². The molecule has 4 atom stereocenters. The fourth-order valence-electron chi connectivity index (χ4n) is 12.1. The average Bonchev–Trinajstić information content (AvgIpc) is 1.60. The quantitative estimate of drug-likeness (QED) is 0.0477. The second-order valence-corrected chi connectivity index (χ2v) is 26.8. The van der Waals surface area contributed by atoms with Gasteiger partial charge in [0.05, 0.1) is 59.8 Å². The Morgan fingerprint density at radius 3 is 1.33 bits per heavy atom. The topological polar surface area (TPSA) is 180 Å². The zero-order chi connectivity index (χ0) is 67.4. The van der Waals surface area contributed by atoms with Gasteiger partial charge in [-0.1, -0.05) is 125 Å². The zero-order valence-electron chi connectivity index (χ0n) is 55.6. The van der Waals surface area contributed by atoms with Crippen molar-refractivity contribution in [2.75, 3.05) is 10.6 Å². The third-order valence-corrected chi connectivity index (χ3v) is 15.5. The summed E-state index contributed by atoms with van der Waals surface area (Å²) in [7, 11) is 0. The molecule has 2 amide bonds. The Morgan fingerprint density at radius 1 is 0.538 bits per heavy atom. The van der Waals surface area contributed by atoms with E-state index >= 15 is 0 Å². The van der Waals surface area contributed by atoms with E-state index in [2.05, 4.69) is 29.0 Å². The van der Waals surface area contributed by atoms with Crippen molar-refractivity contribution in [1.82, 2.24) is 9.13 Å². The molecule has 1 fully saturated rings. The lowest BCUT2D eigenvalue weighted by Crippen LogP contribution is -2.46. The first-order valence-corrected chi connectivity index (χ1v) is 32.1. The van der Waals surface area contributed by atoms with Crippen molar-refractivity contribution in [2.45, 2.75) is 188 Å². The molecule has 9 rings (SSSR count). The lowest BCUT2D eigenvalue weighted by atomic mass is 9.94. The largest absolute Gasteiger partial charge is 0.460 e. The number of benzene rings is 6. The predicted octanol–water partition coefficient (Wildman–Crippen LogP) is 16.9. The van der Waals surface area contributed by atoms with Gasteiger partial charge in [0.2, 0.25) is 0 Å². The van der Waals surface area contributed by atoms with Crippen LogP contribution < -0.4 is 10.6 Å². The number of carbonyl (C=O) groups excluding carboxylic acids is 4.